The average Bonchev–Trinajstić information content (AvgIpc) is 2.30. The van der Waals surface area contributed by atoms with Gasteiger partial charge in [0.2, 0.25) is 0 Å². The van der Waals surface area contributed by atoms with Crippen molar-refractivity contribution < 1.29 is 9.50 Å². The van der Waals surface area contributed by atoms with Crippen LogP contribution in [0.25, 0.3) is 11.1 Å². The summed E-state index contributed by atoms with van der Waals surface area (Å²) < 4.78 is 13.6. The highest BCUT2D eigenvalue weighted by Gasteiger charge is 2.08. The minimum atomic E-state index is -0.580. The molecule has 0 bridgehead atoms. The highest BCUT2D eigenvalue weighted by Crippen LogP contribution is 2.25. The lowest BCUT2D eigenvalue weighted by atomic mass is 10.0. The first kappa shape index (κ1) is 10.8. The van der Waals surface area contributed by atoms with Crippen LogP contribution < -0.4 is 0 Å². The summed E-state index contributed by atoms with van der Waals surface area (Å²) in [4.78, 5) is 0. The minimum Gasteiger partial charge on any atom is -0.389 e. The number of benzene rings is 2. The van der Waals surface area contributed by atoms with Crippen molar-refractivity contribution >= 4 is 0 Å². The van der Waals surface area contributed by atoms with Gasteiger partial charge >= 0.3 is 0 Å². The summed E-state index contributed by atoms with van der Waals surface area (Å²) in [5, 5.41) is 9.46. The zero-order valence-electron chi connectivity index (χ0n) is 9.02. The van der Waals surface area contributed by atoms with Gasteiger partial charge in [-0.2, -0.15) is 0 Å². The van der Waals surface area contributed by atoms with Crippen LogP contribution in [0.2, 0.25) is 0 Å². The largest absolute Gasteiger partial charge is 0.389 e. The fourth-order valence-corrected chi connectivity index (χ4v) is 1.64. The van der Waals surface area contributed by atoms with Crippen LogP contribution in [-0.4, -0.2) is 5.11 Å². The van der Waals surface area contributed by atoms with Gasteiger partial charge in [0.15, 0.2) is 0 Å². The summed E-state index contributed by atoms with van der Waals surface area (Å²) in [6, 6.07) is 14.0. The van der Waals surface area contributed by atoms with E-state index in [2.05, 4.69) is 0 Å². The smallest absolute Gasteiger partial charge is 0.131 e. The van der Waals surface area contributed by atoms with E-state index >= 15 is 0 Å². The predicted octanol–water partition coefficient (Wildman–Crippen LogP) is 3.55. The van der Waals surface area contributed by atoms with E-state index in [1.54, 1.807) is 19.1 Å². The number of aliphatic hydroxyl groups excluding tert-OH is 1. The van der Waals surface area contributed by atoms with Crippen LogP contribution in [0.3, 0.4) is 0 Å². The molecule has 0 saturated heterocycles. The summed E-state index contributed by atoms with van der Waals surface area (Å²) in [6.45, 7) is 1.67. The molecule has 0 saturated carbocycles. The fraction of sp³-hybridized carbons (Fsp3) is 0.143. The highest BCUT2D eigenvalue weighted by molar-refractivity contribution is 5.64. The molecule has 1 atom stereocenters. The Morgan fingerprint density at radius 2 is 1.75 bits per heavy atom. The van der Waals surface area contributed by atoms with Gasteiger partial charge in [0, 0.05) is 5.56 Å². The van der Waals surface area contributed by atoms with E-state index in [9.17, 15) is 9.50 Å². The molecule has 0 spiro atoms. The molecule has 1 N–H and O–H groups in total. The molecule has 0 heterocycles. The van der Waals surface area contributed by atoms with E-state index < -0.39 is 6.10 Å². The molecule has 0 aliphatic rings. The molecule has 0 radical (unpaired) electrons. The van der Waals surface area contributed by atoms with Gasteiger partial charge in [-0.05, 0) is 30.2 Å². The van der Waals surface area contributed by atoms with Gasteiger partial charge in [0.25, 0.3) is 0 Å². The fourth-order valence-electron chi connectivity index (χ4n) is 1.64. The van der Waals surface area contributed by atoms with Crippen LogP contribution in [-0.2, 0) is 0 Å². The Morgan fingerprint density at radius 1 is 1.06 bits per heavy atom. The van der Waals surface area contributed by atoms with Crippen molar-refractivity contribution in [3.63, 3.8) is 0 Å². The molecular formula is C14H13FO. The minimum absolute atomic E-state index is 0.268. The Hall–Kier alpha value is -1.67. The Morgan fingerprint density at radius 3 is 2.38 bits per heavy atom. The molecule has 0 fully saturated rings. The highest BCUT2D eigenvalue weighted by atomic mass is 19.1. The Labute approximate surface area is 94.2 Å². The first-order valence-corrected chi connectivity index (χ1v) is 5.21. The second-order valence-electron chi connectivity index (χ2n) is 3.78. The zero-order chi connectivity index (χ0) is 11.5. The standard InChI is InChI=1S/C14H13FO/c1-10(16)12-7-8-14(15)13(9-12)11-5-3-2-4-6-11/h2-10,16H,1H3. The van der Waals surface area contributed by atoms with Gasteiger partial charge in [-0.3, -0.25) is 0 Å². The van der Waals surface area contributed by atoms with Crippen LogP contribution in [0.5, 0.6) is 0 Å². The second-order valence-corrected chi connectivity index (χ2v) is 3.78. The first-order valence-electron chi connectivity index (χ1n) is 5.21. The molecule has 0 amide bonds. The van der Waals surface area contributed by atoms with Crippen LogP contribution in [0, 0.1) is 5.82 Å². The first-order chi connectivity index (χ1) is 7.68. The van der Waals surface area contributed by atoms with E-state index in [0.717, 1.165) is 11.1 Å². The Kier molecular flexibility index (Phi) is 3.02. The van der Waals surface area contributed by atoms with E-state index in [4.69, 9.17) is 0 Å². The molecule has 1 unspecified atom stereocenters. The predicted molar refractivity (Wildman–Crippen MR) is 62.5 cm³/mol. The van der Waals surface area contributed by atoms with Crippen LogP contribution in [0.15, 0.2) is 48.5 Å². The van der Waals surface area contributed by atoms with Gasteiger partial charge in [-0.15, -0.1) is 0 Å². The van der Waals surface area contributed by atoms with E-state index in [1.807, 2.05) is 30.3 Å². The number of hydrogen-bond acceptors (Lipinski definition) is 1. The van der Waals surface area contributed by atoms with Crippen LogP contribution in [0.4, 0.5) is 4.39 Å². The van der Waals surface area contributed by atoms with Crippen molar-refractivity contribution in [1.29, 1.82) is 0 Å². The Balaban J connectivity index is 2.52. The monoisotopic (exact) mass is 216 g/mol. The van der Waals surface area contributed by atoms with E-state index in [0.29, 0.717) is 5.56 Å². The maximum absolute atomic E-state index is 13.6. The van der Waals surface area contributed by atoms with Gasteiger partial charge in [-0.1, -0.05) is 36.4 Å². The third kappa shape index (κ3) is 2.12. The molecule has 2 rings (SSSR count). The number of aliphatic hydroxyl groups is 1. The molecule has 1 nitrogen and oxygen atoms in total. The second kappa shape index (κ2) is 4.45. The van der Waals surface area contributed by atoms with Gasteiger partial charge in [0.1, 0.15) is 5.82 Å². The normalized spacial score (nSPS) is 12.4. The lowest BCUT2D eigenvalue weighted by Crippen LogP contribution is -1.93. The van der Waals surface area contributed by atoms with Crippen molar-refractivity contribution in [2.24, 2.45) is 0 Å². The number of rotatable bonds is 2. The zero-order valence-corrected chi connectivity index (χ0v) is 9.02. The van der Waals surface area contributed by atoms with Crippen molar-refractivity contribution in [1.82, 2.24) is 0 Å². The lowest BCUT2D eigenvalue weighted by Gasteiger charge is -2.08. The summed E-state index contributed by atoms with van der Waals surface area (Å²) in [5.41, 5.74) is 2.07. The quantitative estimate of drug-likeness (QED) is 0.814. The van der Waals surface area contributed by atoms with Crippen LogP contribution >= 0.6 is 0 Å². The summed E-state index contributed by atoms with van der Waals surface area (Å²) in [6.07, 6.45) is -0.580. The van der Waals surface area contributed by atoms with Crippen LogP contribution in [0.1, 0.15) is 18.6 Å². The lowest BCUT2D eigenvalue weighted by molar-refractivity contribution is 0.199. The SMILES string of the molecule is CC(O)c1ccc(F)c(-c2ccccc2)c1. The molecule has 2 aromatic rings. The van der Waals surface area contributed by atoms with Crippen molar-refractivity contribution in [2.45, 2.75) is 13.0 Å². The topological polar surface area (TPSA) is 20.2 Å². The van der Waals surface area contributed by atoms with Gasteiger partial charge < -0.3 is 5.11 Å². The number of halogens is 1. The molecule has 0 aliphatic heterocycles. The molecular weight excluding hydrogens is 203 g/mol. The molecule has 0 aliphatic carbocycles. The van der Waals surface area contributed by atoms with Crippen molar-refractivity contribution in [2.75, 3.05) is 0 Å². The van der Waals surface area contributed by atoms with E-state index in [-0.39, 0.29) is 5.82 Å². The molecule has 0 aromatic heterocycles. The maximum atomic E-state index is 13.6. The third-order valence-electron chi connectivity index (χ3n) is 2.56. The van der Waals surface area contributed by atoms with E-state index in [1.165, 1.54) is 6.07 Å². The summed E-state index contributed by atoms with van der Waals surface area (Å²) >= 11 is 0. The summed E-state index contributed by atoms with van der Waals surface area (Å²) in [7, 11) is 0. The number of hydrogen-bond donors (Lipinski definition) is 1. The van der Waals surface area contributed by atoms with Crippen molar-refractivity contribution in [3.05, 3.63) is 59.9 Å². The molecule has 16 heavy (non-hydrogen) atoms. The Bertz CT molecular complexity index is 477. The molecule has 2 aromatic carbocycles. The van der Waals surface area contributed by atoms with Gasteiger partial charge in [-0.25, -0.2) is 4.39 Å². The summed E-state index contributed by atoms with van der Waals surface area (Å²) in [5.74, 6) is -0.268. The molecule has 2 heteroatoms. The van der Waals surface area contributed by atoms with Crippen molar-refractivity contribution in [3.8, 4) is 11.1 Å². The average molecular weight is 216 g/mol. The van der Waals surface area contributed by atoms with Gasteiger partial charge in [0.05, 0.1) is 6.10 Å². The maximum Gasteiger partial charge on any atom is 0.131 e. The third-order valence-corrected chi connectivity index (χ3v) is 2.56. The molecule has 82 valence electrons.